The van der Waals surface area contributed by atoms with E-state index in [-0.39, 0.29) is 29.7 Å². The number of benzene rings is 3. The average molecular weight is 469 g/mol. The van der Waals surface area contributed by atoms with E-state index in [1.807, 2.05) is 68.4 Å². The zero-order valence-corrected chi connectivity index (χ0v) is 20.3. The van der Waals surface area contributed by atoms with Crippen molar-refractivity contribution >= 4 is 22.6 Å². The molecular formula is C29H32N4O2. The molecular weight excluding hydrogens is 436 g/mol. The van der Waals surface area contributed by atoms with E-state index in [0.29, 0.717) is 25.1 Å². The Labute approximate surface area is 206 Å². The Morgan fingerprint density at radius 2 is 1.71 bits per heavy atom. The third kappa shape index (κ3) is 6.26. The molecule has 3 aromatic carbocycles. The van der Waals surface area contributed by atoms with Crippen LogP contribution in [0.3, 0.4) is 0 Å². The number of carbonyl (C=O) groups is 2. The zero-order valence-electron chi connectivity index (χ0n) is 20.3. The summed E-state index contributed by atoms with van der Waals surface area (Å²) in [4.78, 5) is 28.5. The summed E-state index contributed by atoms with van der Waals surface area (Å²) in [6, 6.07) is 24.9. The maximum absolute atomic E-state index is 13.3. The first kappa shape index (κ1) is 24.4. The summed E-state index contributed by atoms with van der Waals surface area (Å²) in [6.07, 6.45) is 0.517. The molecule has 0 bridgehead atoms. The molecule has 0 aliphatic carbocycles. The molecule has 1 aliphatic rings. The van der Waals surface area contributed by atoms with Crippen LogP contribution in [0.2, 0.25) is 0 Å². The molecule has 0 radical (unpaired) electrons. The molecule has 1 saturated heterocycles. The predicted octanol–water partition coefficient (Wildman–Crippen LogP) is 4.12. The molecule has 35 heavy (non-hydrogen) atoms. The van der Waals surface area contributed by atoms with E-state index >= 15 is 0 Å². The van der Waals surface area contributed by atoms with E-state index in [9.17, 15) is 14.9 Å². The van der Waals surface area contributed by atoms with Gasteiger partial charge in [0.25, 0.3) is 5.91 Å². The Morgan fingerprint density at radius 1 is 1.00 bits per heavy atom. The standard InChI is InChI=1S/C29H32N4O2/c1-20(2)14-26(31-28(34)24-13-12-22-10-6-7-11-23(22)15-24)29(35)32-27-19-33(18-25(27)16-30)17-21-8-4-3-5-9-21/h3-13,15,20,25-27H,14,17-19H2,1-2H3,(H,31,34)(H,32,35). The highest BCUT2D eigenvalue weighted by molar-refractivity contribution is 6.00. The number of hydrogen-bond donors (Lipinski definition) is 2. The van der Waals surface area contributed by atoms with E-state index in [0.717, 1.165) is 17.3 Å². The number of fused-ring (bicyclic) bond motifs is 1. The zero-order chi connectivity index (χ0) is 24.8. The highest BCUT2D eigenvalue weighted by atomic mass is 16.2. The monoisotopic (exact) mass is 468 g/mol. The van der Waals surface area contributed by atoms with E-state index in [1.54, 1.807) is 6.07 Å². The van der Waals surface area contributed by atoms with E-state index < -0.39 is 6.04 Å². The van der Waals surface area contributed by atoms with Crippen LogP contribution in [0.25, 0.3) is 10.8 Å². The summed E-state index contributed by atoms with van der Waals surface area (Å²) >= 11 is 0. The van der Waals surface area contributed by atoms with Crippen molar-refractivity contribution in [2.24, 2.45) is 11.8 Å². The molecule has 1 aliphatic heterocycles. The largest absolute Gasteiger partial charge is 0.349 e. The lowest BCUT2D eigenvalue weighted by Gasteiger charge is -2.23. The molecule has 180 valence electrons. The van der Waals surface area contributed by atoms with Crippen molar-refractivity contribution in [2.75, 3.05) is 13.1 Å². The van der Waals surface area contributed by atoms with Crippen LogP contribution in [0.1, 0.15) is 36.2 Å². The number of hydrogen-bond acceptors (Lipinski definition) is 4. The molecule has 0 saturated carbocycles. The molecule has 1 heterocycles. The van der Waals surface area contributed by atoms with Gasteiger partial charge in [0.2, 0.25) is 5.91 Å². The maximum Gasteiger partial charge on any atom is 0.251 e. The highest BCUT2D eigenvalue weighted by Crippen LogP contribution is 2.20. The summed E-state index contributed by atoms with van der Waals surface area (Å²) in [5.41, 5.74) is 1.70. The lowest BCUT2D eigenvalue weighted by Crippen LogP contribution is -2.51. The number of rotatable bonds is 8. The third-order valence-corrected chi connectivity index (χ3v) is 6.48. The van der Waals surface area contributed by atoms with Crippen LogP contribution < -0.4 is 10.6 Å². The van der Waals surface area contributed by atoms with Gasteiger partial charge < -0.3 is 10.6 Å². The fraction of sp³-hybridized carbons (Fsp3) is 0.345. The average Bonchev–Trinajstić information content (AvgIpc) is 3.24. The second-order valence-corrected chi connectivity index (χ2v) is 9.75. The van der Waals surface area contributed by atoms with Gasteiger partial charge in [0.1, 0.15) is 6.04 Å². The Hall–Kier alpha value is -3.69. The number of carbonyl (C=O) groups excluding carboxylic acids is 2. The van der Waals surface area contributed by atoms with Gasteiger partial charge in [0.15, 0.2) is 0 Å². The first-order valence-electron chi connectivity index (χ1n) is 12.2. The Morgan fingerprint density at radius 3 is 2.43 bits per heavy atom. The van der Waals surface area contributed by atoms with E-state index in [1.165, 1.54) is 5.56 Å². The van der Waals surface area contributed by atoms with Crippen LogP contribution in [0.15, 0.2) is 72.8 Å². The maximum atomic E-state index is 13.3. The van der Waals surface area contributed by atoms with Gasteiger partial charge in [-0.2, -0.15) is 5.26 Å². The van der Waals surface area contributed by atoms with Crippen molar-refractivity contribution in [2.45, 2.75) is 38.9 Å². The second kappa shape index (κ2) is 11.2. The van der Waals surface area contributed by atoms with Gasteiger partial charge in [-0.3, -0.25) is 14.5 Å². The molecule has 0 spiro atoms. The van der Waals surface area contributed by atoms with Gasteiger partial charge in [-0.25, -0.2) is 0 Å². The minimum atomic E-state index is -0.670. The summed E-state index contributed by atoms with van der Waals surface area (Å²) in [6.45, 7) is 6.00. The fourth-order valence-corrected chi connectivity index (χ4v) is 4.69. The van der Waals surface area contributed by atoms with Crippen molar-refractivity contribution in [1.82, 2.24) is 15.5 Å². The third-order valence-electron chi connectivity index (χ3n) is 6.48. The number of amides is 2. The number of nitrogens with one attached hydrogen (secondary N) is 2. The first-order chi connectivity index (χ1) is 16.9. The van der Waals surface area contributed by atoms with Gasteiger partial charge in [0.05, 0.1) is 18.0 Å². The van der Waals surface area contributed by atoms with E-state index in [4.69, 9.17) is 0 Å². The van der Waals surface area contributed by atoms with Crippen LogP contribution in [0, 0.1) is 23.2 Å². The van der Waals surface area contributed by atoms with Crippen molar-refractivity contribution in [3.8, 4) is 6.07 Å². The molecule has 6 heteroatoms. The van der Waals surface area contributed by atoms with Crippen LogP contribution >= 0.6 is 0 Å². The highest BCUT2D eigenvalue weighted by Gasteiger charge is 2.35. The van der Waals surface area contributed by atoms with Crippen LogP contribution in [0.4, 0.5) is 0 Å². The number of nitriles is 1. The molecule has 3 aromatic rings. The minimum Gasteiger partial charge on any atom is -0.349 e. The fourth-order valence-electron chi connectivity index (χ4n) is 4.69. The molecule has 3 atom stereocenters. The predicted molar refractivity (Wildman–Crippen MR) is 137 cm³/mol. The van der Waals surface area contributed by atoms with Gasteiger partial charge >= 0.3 is 0 Å². The summed E-state index contributed by atoms with van der Waals surface area (Å²) in [5, 5.41) is 17.7. The summed E-state index contributed by atoms with van der Waals surface area (Å²) in [7, 11) is 0. The summed E-state index contributed by atoms with van der Waals surface area (Å²) in [5.74, 6) is -0.587. The Balaban J connectivity index is 1.43. The summed E-state index contributed by atoms with van der Waals surface area (Å²) < 4.78 is 0. The molecule has 6 nitrogen and oxygen atoms in total. The number of nitrogens with zero attached hydrogens (tertiary/aromatic N) is 2. The molecule has 3 unspecified atom stereocenters. The van der Waals surface area contributed by atoms with Crippen LogP contribution in [-0.2, 0) is 11.3 Å². The van der Waals surface area contributed by atoms with Crippen molar-refractivity contribution in [3.63, 3.8) is 0 Å². The van der Waals surface area contributed by atoms with Gasteiger partial charge in [0, 0.05) is 25.2 Å². The van der Waals surface area contributed by atoms with E-state index in [2.05, 4.69) is 33.7 Å². The second-order valence-electron chi connectivity index (χ2n) is 9.75. The normalized spacial score (nSPS) is 18.8. The molecule has 4 rings (SSSR count). The number of likely N-dealkylation sites (tertiary alicyclic amines) is 1. The molecule has 1 fully saturated rings. The van der Waals surface area contributed by atoms with Gasteiger partial charge in [-0.15, -0.1) is 0 Å². The molecule has 2 amide bonds. The van der Waals surface area contributed by atoms with Crippen molar-refractivity contribution in [1.29, 1.82) is 5.26 Å². The quantitative estimate of drug-likeness (QED) is 0.521. The first-order valence-corrected chi connectivity index (χ1v) is 12.2. The molecule has 2 N–H and O–H groups in total. The SMILES string of the molecule is CC(C)CC(NC(=O)c1ccc2ccccc2c1)C(=O)NC1CN(Cc2ccccc2)CC1C#N. The van der Waals surface area contributed by atoms with Crippen LogP contribution in [0.5, 0.6) is 0 Å². The lowest BCUT2D eigenvalue weighted by molar-refractivity contribution is -0.124. The van der Waals surface area contributed by atoms with Gasteiger partial charge in [-0.05, 0) is 40.8 Å². The molecule has 0 aromatic heterocycles. The Kier molecular flexibility index (Phi) is 7.79. The Bertz CT molecular complexity index is 1220. The van der Waals surface area contributed by atoms with Crippen molar-refractivity contribution in [3.05, 3.63) is 83.9 Å². The topological polar surface area (TPSA) is 85.2 Å². The van der Waals surface area contributed by atoms with Crippen molar-refractivity contribution < 1.29 is 9.59 Å². The smallest absolute Gasteiger partial charge is 0.251 e. The van der Waals surface area contributed by atoms with Crippen LogP contribution in [-0.4, -0.2) is 41.9 Å². The van der Waals surface area contributed by atoms with Gasteiger partial charge in [-0.1, -0.05) is 74.5 Å². The lowest BCUT2D eigenvalue weighted by atomic mass is 10.0. The minimum absolute atomic E-state index is 0.215.